The van der Waals surface area contributed by atoms with Crippen LogP contribution in [0.15, 0.2) is 48.7 Å². The predicted octanol–water partition coefficient (Wildman–Crippen LogP) is 3.99. The minimum Gasteiger partial charge on any atom is -0.361 e. The number of carbonyl (C=O) groups is 1. The molecule has 3 nitrogen and oxygen atoms in total. The van der Waals surface area contributed by atoms with Crippen molar-refractivity contribution < 1.29 is 4.79 Å². The van der Waals surface area contributed by atoms with Crippen molar-refractivity contribution in [3.05, 3.63) is 70.4 Å². The van der Waals surface area contributed by atoms with Crippen LogP contribution in [0.5, 0.6) is 0 Å². The van der Waals surface area contributed by atoms with Crippen molar-refractivity contribution in [2.75, 3.05) is 0 Å². The van der Waals surface area contributed by atoms with E-state index < -0.39 is 0 Å². The van der Waals surface area contributed by atoms with Crippen LogP contribution >= 0.6 is 11.6 Å². The maximum Gasteiger partial charge on any atom is 0.224 e. The summed E-state index contributed by atoms with van der Waals surface area (Å²) in [6.07, 6.45) is 2.21. The van der Waals surface area contributed by atoms with E-state index >= 15 is 0 Å². The van der Waals surface area contributed by atoms with E-state index in [0.717, 1.165) is 22.0 Å². The zero-order valence-electron chi connectivity index (χ0n) is 12.3. The van der Waals surface area contributed by atoms with Crippen molar-refractivity contribution >= 4 is 28.4 Å². The molecule has 3 rings (SSSR count). The molecule has 2 N–H and O–H groups in total. The van der Waals surface area contributed by atoms with Crippen molar-refractivity contribution in [3.63, 3.8) is 0 Å². The maximum absolute atomic E-state index is 12.2. The monoisotopic (exact) mass is 312 g/mol. The Morgan fingerprint density at radius 1 is 1.18 bits per heavy atom. The molecule has 0 aliphatic rings. The molecule has 112 valence electrons. The van der Waals surface area contributed by atoms with Crippen LogP contribution in [-0.4, -0.2) is 10.9 Å². The van der Waals surface area contributed by atoms with E-state index in [0.29, 0.717) is 18.0 Å². The van der Waals surface area contributed by atoms with Gasteiger partial charge in [0.25, 0.3) is 0 Å². The van der Waals surface area contributed by atoms with Crippen LogP contribution in [0.25, 0.3) is 10.9 Å². The number of H-pyrrole nitrogens is 1. The highest BCUT2D eigenvalue weighted by molar-refractivity contribution is 6.31. The number of aromatic amines is 1. The molecule has 0 aliphatic carbocycles. The van der Waals surface area contributed by atoms with Gasteiger partial charge in [0, 0.05) is 28.7 Å². The van der Waals surface area contributed by atoms with Crippen molar-refractivity contribution in [1.82, 2.24) is 10.3 Å². The molecule has 0 aliphatic heterocycles. The second-order valence-corrected chi connectivity index (χ2v) is 5.82. The second-order valence-electron chi connectivity index (χ2n) is 5.38. The summed E-state index contributed by atoms with van der Waals surface area (Å²) in [5.74, 6) is 0.00382. The third-order valence-electron chi connectivity index (χ3n) is 3.82. The fourth-order valence-corrected chi connectivity index (χ4v) is 2.71. The molecular weight excluding hydrogens is 296 g/mol. The summed E-state index contributed by atoms with van der Waals surface area (Å²) in [7, 11) is 0. The highest BCUT2D eigenvalue weighted by Crippen LogP contribution is 2.22. The van der Waals surface area contributed by atoms with Gasteiger partial charge in [-0.15, -0.1) is 0 Å². The van der Waals surface area contributed by atoms with Gasteiger partial charge in [-0.25, -0.2) is 0 Å². The van der Waals surface area contributed by atoms with E-state index in [1.165, 1.54) is 5.56 Å². The average molecular weight is 313 g/mol. The van der Waals surface area contributed by atoms with Crippen molar-refractivity contribution in [1.29, 1.82) is 0 Å². The van der Waals surface area contributed by atoms with Gasteiger partial charge in [-0.2, -0.15) is 0 Å². The molecule has 0 radical (unpaired) electrons. The van der Waals surface area contributed by atoms with Gasteiger partial charge in [-0.05, 0) is 41.8 Å². The summed E-state index contributed by atoms with van der Waals surface area (Å²) in [4.78, 5) is 15.3. The van der Waals surface area contributed by atoms with E-state index in [2.05, 4.69) is 10.3 Å². The van der Waals surface area contributed by atoms with Crippen molar-refractivity contribution in [3.8, 4) is 0 Å². The molecule has 0 fully saturated rings. The van der Waals surface area contributed by atoms with E-state index in [1.807, 2.05) is 55.6 Å². The number of aryl methyl sites for hydroxylation is 1. The minimum absolute atomic E-state index is 0.00382. The molecule has 0 saturated carbocycles. The summed E-state index contributed by atoms with van der Waals surface area (Å²) < 4.78 is 0. The number of nitrogens with one attached hydrogen (secondary N) is 2. The molecule has 0 atom stereocenters. The van der Waals surface area contributed by atoms with E-state index in [1.54, 1.807) is 0 Å². The molecule has 3 aromatic rings. The number of benzene rings is 2. The second kappa shape index (κ2) is 6.24. The maximum atomic E-state index is 12.2. The van der Waals surface area contributed by atoms with Crippen LogP contribution < -0.4 is 5.32 Å². The van der Waals surface area contributed by atoms with Crippen LogP contribution in [0.1, 0.15) is 16.7 Å². The summed E-state index contributed by atoms with van der Waals surface area (Å²) in [6.45, 7) is 2.60. The van der Waals surface area contributed by atoms with Gasteiger partial charge in [0.15, 0.2) is 0 Å². The van der Waals surface area contributed by atoms with Gasteiger partial charge < -0.3 is 10.3 Å². The fraction of sp³-hybridized carbons (Fsp3) is 0.167. The Morgan fingerprint density at radius 3 is 2.82 bits per heavy atom. The quantitative estimate of drug-likeness (QED) is 0.751. The Kier molecular flexibility index (Phi) is 4.16. The number of hydrogen-bond acceptors (Lipinski definition) is 1. The lowest BCUT2D eigenvalue weighted by Crippen LogP contribution is -2.24. The molecule has 0 saturated heterocycles. The summed E-state index contributed by atoms with van der Waals surface area (Å²) >= 11 is 6.03. The highest BCUT2D eigenvalue weighted by atomic mass is 35.5. The first-order chi connectivity index (χ1) is 10.6. The zero-order valence-corrected chi connectivity index (χ0v) is 13.1. The lowest BCUT2D eigenvalue weighted by atomic mass is 10.1. The molecule has 0 spiro atoms. The smallest absolute Gasteiger partial charge is 0.224 e. The van der Waals surface area contributed by atoms with Crippen LogP contribution in [-0.2, 0) is 17.8 Å². The summed E-state index contributed by atoms with van der Waals surface area (Å²) in [5.41, 5.74) is 4.27. The number of rotatable bonds is 4. The molecule has 1 aromatic heterocycles. The molecular formula is C18H17ClN2O. The van der Waals surface area contributed by atoms with Gasteiger partial charge in [0.1, 0.15) is 0 Å². The molecule has 1 heterocycles. The number of carbonyl (C=O) groups excluding carboxylic acids is 1. The molecule has 0 unspecified atom stereocenters. The Balaban J connectivity index is 1.68. The van der Waals surface area contributed by atoms with Crippen molar-refractivity contribution in [2.24, 2.45) is 0 Å². The number of aromatic nitrogens is 1. The van der Waals surface area contributed by atoms with Crippen LogP contribution in [0.4, 0.5) is 0 Å². The molecule has 1 amide bonds. The average Bonchev–Trinajstić information content (AvgIpc) is 2.89. The van der Waals surface area contributed by atoms with Crippen LogP contribution in [0.2, 0.25) is 5.02 Å². The van der Waals surface area contributed by atoms with E-state index in [-0.39, 0.29) is 5.91 Å². The standard InChI is InChI=1S/C18H17ClN2O/c1-12-4-2-3-5-13(12)10-21-18(22)8-14-11-20-17-7-6-15(19)9-16(14)17/h2-7,9,11,20H,8,10H2,1H3,(H,21,22). The molecule has 0 bridgehead atoms. The Labute approximate surface area is 134 Å². The Morgan fingerprint density at radius 2 is 2.00 bits per heavy atom. The van der Waals surface area contributed by atoms with Crippen molar-refractivity contribution in [2.45, 2.75) is 19.9 Å². The van der Waals surface area contributed by atoms with E-state index in [4.69, 9.17) is 11.6 Å². The van der Waals surface area contributed by atoms with Gasteiger partial charge in [0.2, 0.25) is 5.91 Å². The third-order valence-corrected chi connectivity index (χ3v) is 4.05. The van der Waals surface area contributed by atoms with Gasteiger partial charge in [0.05, 0.1) is 6.42 Å². The lowest BCUT2D eigenvalue weighted by molar-refractivity contribution is -0.120. The number of halogens is 1. The largest absolute Gasteiger partial charge is 0.361 e. The molecule has 2 aromatic carbocycles. The first-order valence-corrected chi connectivity index (χ1v) is 7.58. The highest BCUT2D eigenvalue weighted by Gasteiger charge is 2.09. The zero-order chi connectivity index (χ0) is 15.5. The van der Waals surface area contributed by atoms with Gasteiger partial charge in [-0.3, -0.25) is 4.79 Å². The molecule has 4 heteroatoms. The Bertz CT molecular complexity index is 823. The number of hydrogen-bond donors (Lipinski definition) is 2. The van der Waals surface area contributed by atoms with Gasteiger partial charge in [-0.1, -0.05) is 35.9 Å². The molecule has 22 heavy (non-hydrogen) atoms. The fourth-order valence-electron chi connectivity index (χ4n) is 2.53. The third kappa shape index (κ3) is 3.15. The first kappa shape index (κ1) is 14.7. The topological polar surface area (TPSA) is 44.9 Å². The first-order valence-electron chi connectivity index (χ1n) is 7.20. The van der Waals surface area contributed by atoms with Gasteiger partial charge >= 0.3 is 0 Å². The summed E-state index contributed by atoms with van der Waals surface area (Å²) in [5, 5.41) is 4.64. The van der Waals surface area contributed by atoms with E-state index in [9.17, 15) is 4.79 Å². The lowest BCUT2D eigenvalue weighted by Gasteiger charge is -2.07. The number of amides is 1. The predicted molar refractivity (Wildman–Crippen MR) is 90.0 cm³/mol. The van der Waals surface area contributed by atoms with Crippen LogP contribution in [0.3, 0.4) is 0 Å². The summed E-state index contributed by atoms with van der Waals surface area (Å²) in [6, 6.07) is 13.7. The van der Waals surface area contributed by atoms with Crippen LogP contribution in [0, 0.1) is 6.92 Å². The SMILES string of the molecule is Cc1ccccc1CNC(=O)Cc1c[nH]c2ccc(Cl)cc12. The normalized spacial score (nSPS) is 10.8. The minimum atomic E-state index is 0.00382. The number of fused-ring (bicyclic) bond motifs is 1. The Hall–Kier alpha value is -2.26.